The van der Waals surface area contributed by atoms with E-state index in [0.717, 1.165) is 38.5 Å². The molecule has 6 N–H and O–H groups in total. The van der Waals surface area contributed by atoms with Crippen molar-refractivity contribution in [3.8, 4) is 0 Å². The maximum Gasteiger partial charge on any atom is 0.411 e. The molecule has 0 saturated heterocycles. The van der Waals surface area contributed by atoms with Crippen molar-refractivity contribution in [3.63, 3.8) is 0 Å². The Morgan fingerprint density at radius 1 is 0.586 bits per heavy atom. The van der Waals surface area contributed by atoms with Crippen molar-refractivity contribution in [2.75, 3.05) is 13.1 Å². The molecule has 0 aromatic carbocycles. The first-order chi connectivity index (χ1) is 13.7. The molecule has 0 aromatic rings. The van der Waals surface area contributed by atoms with Crippen LogP contribution in [0.1, 0.15) is 71.6 Å². The molecule has 0 radical (unpaired) electrons. The number of hydrogen-bond acceptors (Lipinski definition) is 6. The number of nitrogens with one attached hydrogen (secondary N) is 4. The molecule has 0 aliphatic carbocycles. The van der Waals surface area contributed by atoms with Crippen LogP contribution in [0.15, 0.2) is 0 Å². The van der Waals surface area contributed by atoms with Crippen molar-refractivity contribution < 1.29 is 29.4 Å². The van der Waals surface area contributed by atoms with E-state index in [1.165, 1.54) is 19.3 Å². The Balaban J connectivity index is 3.39. The molecule has 4 amide bonds. The summed E-state index contributed by atoms with van der Waals surface area (Å²) in [5.41, 5.74) is 0. The standard InChI is InChI=1S/C19H36N4O6/c1-14(16(24)22-18(26)27)20-12-10-8-6-4-3-5-7-9-11-13-21-15(2)17(25)23-19(28)29/h14-15,20-21H,3-13H2,1-2H3,(H,22,24)(H,23,25)(H,26,27)(H,28,29). The molecule has 168 valence electrons. The van der Waals surface area contributed by atoms with E-state index < -0.39 is 36.1 Å². The fourth-order valence-corrected chi connectivity index (χ4v) is 2.74. The van der Waals surface area contributed by atoms with Crippen molar-refractivity contribution in [1.29, 1.82) is 0 Å². The first-order valence-corrected chi connectivity index (χ1v) is 10.3. The number of carbonyl (C=O) groups is 4. The molecule has 0 saturated carbocycles. The molecule has 29 heavy (non-hydrogen) atoms. The maximum absolute atomic E-state index is 11.4. The molecule has 0 fully saturated rings. The van der Waals surface area contributed by atoms with Gasteiger partial charge in [0, 0.05) is 0 Å². The third-order valence-corrected chi connectivity index (χ3v) is 4.50. The van der Waals surface area contributed by atoms with Crippen LogP contribution in [0.5, 0.6) is 0 Å². The molecule has 0 aliphatic rings. The number of imide groups is 2. The first-order valence-electron chi connectivity index (χ1n) is 10.3. The predicted octanol–water partition coefficient (Wildman–Crippen LogP) is 2.04. The molecule has 0 spiro atoms. The predicted molar refractivity (Wildman–Crippen MR) is 109 cm³/mol. The number of amides is 4. The average molecular weight is 417 g/mol. The van der Waals surface area contributed by atoms with Crippen LogP contribution in [0.3, 0.4) is 0 Å². The first kappa shape index (κ1) is 26.8. The van der Waals surface area contributed by atoms with Gasteiger partial charge in [0.25, 0.3) is 0 Å². The second kappa shape index (κ2) is 16.7. The van der Waals surface area contributed by atoms with E-state index in [-0.39, 0.29) is 0 Å². The topological polar surface area (TPSA) is 157 Å². The van der Waals surface area contributed by atoms with E-state index in [9.17, 15) is 19.2 Å². The molecule has 0 bridgehead atoms. The number of carboxylic acid groups (broad SMARTS) is 2. The zero-order valence-corrected chi connectivity index (χ0v) is 17.5. The van der Waals surface area contributed by atoms with Gasteiger partial charge in [-0.25, -0.2) is 9.59 Å². The molecule has 0 aliphatic heterocycles. The van der Waals surface area contributed by atoms with Crippen LogP contribution in [0.4, 0.5) is 9.59 Å². The summed E-state index contributed by atoms with van der Waals surface area (Å²) in [6, 6.07) is -1.04. The zero-order chi connectivity index (χ0) is 22.1. The van der Waals surface area contributed by atoms with Gasteiger partial charge in [-0.3, -0.25) is 20.2 Å². The second-order valence-corrected chi connectivity index (χ2v) is 7.12. The molecule has 0 rings (SSSR count). The Kier molecular flexibility index (Phi) is 15.5. The minimum absolute atomic E-state index is 0.518. The van der Waals surface area contributed by atoms with Crippen molar-refractivity contribution >= 4 is 24.0 Å². The fourth-order valence-electron chi connectivity index (χ4n) is 2.74. The van der Waals surface area contributed by atoms with Crippen LogP contribution in [0, 0.1) is 0 Å². The molecule has 10 heteroatoms. The lowest BCUT2D eigenvalue weighted by Crippen LogP contribution is -2.44. The van der Waals surface area contributed by atoms with Gasteiger partial charge in [-0.2, -0.15) is 0 Å². The minimum atomic E-state index is -1.34. The molecule has 10 nitrogen and oxygen atoms in total. The number of unbranched alkanes of at least 4 members (excludes halogenated alkanes) is 8. The number of carbonyl (C=O) groups excluding carboxylic acids is 2. The highest BCUT2D eigenvalue weighted by molar-refractivity contribution is 5.94. The molecular formula is C19H36N4O6. The van der Waals surface area contributed by atoms with Gasteiger partial charge in [0.2, 0.25) is 11.8 Å². The lowest BCUT2D eigenvalue weighted by atomic mass is 10.1. The van der Waals surface area contributed by atoms with E-state index >= 15 is 0 Å². The van der Waals surface area contributed by atoms with E-state index in [4.69, 9.17) is 10.2 Å². The van der Waals surface area contributed by atoms with Crippen LogP contribution < -0.4 is 21.3 Å². The van der Waals surface area contributed by atoms with E-state index in [1.807, 2.05) is 10.6 Å². The summed E-state index contributed by atoms with van der Waals surface area (Å²) in [6.45, 7) is 4.65. The second-order valence-electron chi connectivity index (χ2n) is 7.12. The molecule has 2 unspecified atom stereocenters. The largest absolute Gasteiger partial charge is 0.465 e. The van der Waals surface area contributed by atoms with Gasteiger partial charge >= 0.3 is 12.2 Å². The molecule has 0 heterocycles. The highest BCUT2D eigenvalue weighted by Gasteiger charge is 2.14. The molecule has 2 atom stereocenters. The van der Waals surface area contributed by atoms with Gasteiger partial charge in [-0.05, 0) is 39.8 Å². The van der Waals surface area contributed by atoms with Crippen LogP contribution in [0.2, 0.25) is 0 Å². The maximum atomic E-state index is 11.4. The van der Waals surface area contributed by atoms with Crippen molar-refractivity contribution in [3.05, 3.63) is 0 Å². The smallest absolute Gasteiger partial charge is 0.411 e. The Morgan fingerprint density at radius 3 is 1.14 bits per heavy atom. The highest BCUT2D eigenvalue weighted by atomic mass is 16.4. The Bertz CT molecular complexity index is 471. The monoisotopic (exact) mass is 416 g/mol. The van der Waals surface area contributed by atoms with Crippen LogP contribution in [0.25, 0.3) is 0 Å². The zero-order valence-electron chi connectivity index (χ0n) is 17.5. The van der Waals surface area contributed by atoms with Gasteiger partial charge in [-0.1, -0.05) is 44.9 Å². The lowest BCUT2D eigenvalue weighted by molar-refractivity contribution is -0.122. The molecule has 0 aromatic heterocycles. The third kappa shape index (κ3) is 16.5. The summed E-state index contributed by atoms with van der Waals surface area (Å²) in [4.78, 5) is 43.5. The molecular weight excluding hydrogens is 380 g/mol. The van der Waals surface area contributed by atoms with E-state index in [0.29, 0.717) is 13.1 Å². The summed E-state index contributed by atoms with van der Waals surface area (Å²) < 4.78 is 0. The van der Waals surface area contributed by atoms with E-state index in [1.54, 1.807) is 13.8 Å². The number of hydrogen-bond donors (Lipinski definition) is 6. The summed E-state index contributed by atoms with van der Waals surface area (Å²) in [5.74, 6) is -1.07. The minimum Gasteiger partial charge on any atom is -0.465 e. The van der Waals surface area contributed by atoms with Gasteiger partial charge in [0.15, 0.2) is 0 Å². The van der Waals surface area contributed by atoms with Crippen molar-refractivity contribution in [2.24, 2.45) is 0 Å². The Morgan fingerprint density at radius 2 is 0.862 bits per heavy atom. The van der Waals surface area contributed by atoms with Gasteiger partial charge in [0.05, 0.1) is 12.1 Å². The van der Waals surface area contributed by atoms with Crippen molar-refractivity contribution in [1.82, 2.24) is 21.3 Å². The fraction of sp³-hybridized carbons (Fsp3) is 0.789. The van der Waals surface area contributed by atoms with Crippen molar-refractivity contribution in [2.45, 2.75) is 83.7 Å². The van der Waals surface area contributed by atoms with Crippen LogP contribution in [-0.2, 0) is 9.59 Å². The normalized spacial score (nSPS) is 12.8. The summed E-state index contributed by atoms with van der Waals surface area (Å²) in [7, 11) is 0. The quantitative estimate of drug-likeness (QED) is 0.209. The van der Waals surface area contributed by atoms with E-state index in [2.05, 4.69) is 10.6 Å². The third-order valence-electron chi connectivity index (χ3n) is 4.50. The van der Waals surface area contributed by atoms with Crippen LogP contribution >= 0.6 is 0 Å². The summed E-state index contributed by atoms with van der Waals surface area (Å²) >= 11 is 0. The lowest BCUT2D eigenvalue weighted by Gasteiger charge is -2.12. The SMILES string of the molecule is CC(NCCCCCCCCCCCNC(C)C(=O)NC(=O)O)C(=O)NC(=O)O. The highest BCUT2D eigenvalue weighted by Crippen LogP contribution is 2.09. The Labute approximate surface area is 172 Å². The van der Waals surface area contributed by atoms with Gasteiger partial charge in [0.1, 0.15) is 0 Å². The average Bonchev–Trinajstić information content (AvgIpc) is 2.63. The Hall–Kier alpha value is -2.20. The summed E-state index contributed by atoms with van der Waals surface area (Å²) in [6.07, 6.45) is 7.14. The van der Waals surface area contributed by atoms with Gasteiger partial charge < -0.3 is 20.8 Å². The van der Waals surface area contributed by atoms with Gasteiger partial charge in [-0.15, -0.1) is 0 Å². The summed E-state index contributed by atoms with van der Waals surface area (Å²) in [5, 5.41) is 26.6. The number of rotatable bonds is 16. The van der Waals surface area contributed by atoms with Crippen LogP contribution in [-0.4, -0.2) is 59.4 Å².